The minimum absolute atomic E-state index is 0.0389. The quantitative estimate of drug-likeness (QED) is 0.336. The van der Waals surface area contributed by atoms with Gasteiger partial charge in [-0.2, -0.15) is 13.2 Å². The smallest absolute Gasteiger partial charge is 0.416 e. The number of carboxylic acid groups (broad SMARTS) is 1. The normalized spacial score (nSPS) is 13.9. The van der Waals surface area contributed by atoms with E-state index in [9.17, 15) is 31.5 Å². The number of carboxylic acids is 1. The van der Waals surface area contributed by atoms with Gasteiger partial charge in [0.15, 0.2) is 0 Å². The number of nitrogens with zero attached hydrogens (tertiary/aromatic N) is 2. The molecule has 0 amide bonds. The van der Waals surface area contributed by atoms with Crippen LogP contribution in [0.1, 0.15) is 27.2 Å². The average molecular weight is 565 g/mol. The third-order valence-corrected chi connectivity index (χ3v) is 8.44. The Morgan fingerprint density at radius 1 is 1.08 bits per heavy atom. The van der Waals surface area contributed by atoms with Gasteiger partial charge >= 0.3 is 12.1 Å². The molecule has 38 heavy (non-hydrogen) atoms. The lowest BCUT2D eigenvalue weighted by Crippen LogP contribution is -2.29. The SMILES string of the molecule is CN1CCOc2ccc(S(=O)(=O)n3c(Cc4ccc(C(=O)O)c(Cl)c4)cc4cc(C(F)(F)F)ccc43)cc21. The van der Waals surface area contributed by atoms with Crippen LogP contribution >= 0.6 is 11.6 Å². The van der Waals surface area contributed by atoms with Gasteiger partial charge in [0, 0.05) is 24.5 Å². The van der Waals surface area contributed by atoms with Crippen LogP contribution in [0.15, 0.2) is 65.6 Å². The van der Waals surface area contributed by atoms with E-state index in [1.807, 2.05) is 4.90 Å². The summed E-state index contributed by atoms with van der Waals surface area (Å²) in [6.45, 7) is 1.01. The fourth-order valence-electron chi connectivity index (χ4n) is 4.48. The maximum absolute atomic E-state index is 14.0. The van der Waals surface area contributed by atoms with Crippen molar-refractivity contribution < 1.29 is 36.2 Å². The minimum Gasteiger partial charge on any atom is -0.490 e. The Labute approximate surface area is 220 Å². The third-order valence-electron chi connectivity index (χ3n) is 6.37. The van der Waals surface area contributed by atoms with Gasteiger partial charge in [-0.15, -0.1) is 0 Å². The largest absolute Gasteiger partial charge is 0.490 e. The molecule has 4 aromatic rings. The number of anilines is 1. The van der Waals surface area contributed by atoms with E-state index < -0.39 is 27.7 Å². The van der Waals surface area contributed by atoms with Crippen molar-refractivity contribution in [1.82, 2.24) is 3.97 Å². The van der Waals surface area contributed by atoms with Crippen LogP contribution in [0, 0.1) is 0 Å². The Morgan fingerprint density at radius 3 is 2.53 bits per heavy atom. The maximum atomic E-state index is 14.0. The molecule has 12 heteroatoms. The van der Waals surface area contributed by atoms with E-state index in [-0.39, 0.29) is 38.5 Å². The molecular weight excluding hydrogens is 545 g/mol. The van der Waals surface area contributed by atoms with Crippen LogP contribution in [0.4, 0.5) is 18.9 Å². The second-order valence-corrected chi connectivity index (χ2v) is 11.1. The molecule has 0 saturated carbocycles. The molecule has 0 atom stereocenters. The lowest BCUT2D eigenvalue weighted by Gasteiger charge is -2.28. The highest BCUT2D eigenvalue weighted by Gasteiger charge is 2.32. The number of benzene rings is 3. The molecule has 198 valence electrons. The Kier molecular flexibility index (Phi) is 6.31. The van der Waals surface area contributed by atoms with Crippen LogP contribution in [-0.4, -0.2) is 43.7 Å². The Bertz CT molecular complexity index is 1700. The number of aromatic nitrogens is 1. The molecule has 2 heterocycles. The van der Waals surface area contributed by atoms with Crippen molar-refractivity contribution >= 4 is 44.2 Å². The first-order chi connectivity index (χ1) is 17.9. The van der Waals surface area contributed by atoms with Crippen LogP contribution in [0.2, 0.25) is 5.02 Å². The summed E-state index contributed by atoms with van der Waals surface area (Å²) in [6.07, 6.45) is -4.65. The van der Waals surface area contributed by atoms with Crippen LogP contribution in [0.3, 0.4) is 0 Å². The number of carbonyl (C=O) groups is 1. The highest BCUT2D eigenvalue weighted by Crippen LogP contribution is 2.37. The van der Waals surface area contributed by atoms with Crippen molar-refractivity contribution in [3.8, 4) is 5.75 Å². The van der Waals surface area contributed by atoms with Gasteiger partial charge in [0.1, 0.15) is 12.4 Å². The molecule has 3 aromatic carbocycles. The van der Waals surface area contributed by atoms with E-state index in [0.717, 1.165) is 22.2 Å². The zero-order chi connectivity index (χ0) is 27.4. The number of hydrogen-bond acceptors (Lipinski definition) is 5. The monoisotopic (exact) mass is 564 g/mol. The molecule has 0 bridgehead atoms. The first-order valence-corrected chi connectivity index (χ1v) is 13.1. The molecule has 1 N–H and O–H groups in total. The van der Waals surface area contributed by atoms with E-state index >= 15 is 0 Å². The van der Waals surface area contributed by atoms with Crippen LogP contribution in [0.5, 0.6) is 5.75 Å². The average Bonchev–Trinajstić information content (AvgIpc) is 3.21. The maximum Gasteiger partial charge on any atom is 0.416 e. The molecule has 1 aliphatic rings. The second kappa shape index (κ2) is 9.25. The molecule has 1 aliphatic heterocycles. The number of hydrogen-bond donors (Lipinski definition) is 1. The van der Waals surface area contributed by atoms with E-state index in [2.05, 4.69) is 0 Å². The lowest BCUT2D eigenvalue weighted by atomic mass is 10.1. The predicted octanol–water partition coefficient (Wildman–Crippen LogP) is 5.67. The summed E-state index contributed by atoms with van der Waals surface area (Å²) in [5, 5.41) is 9.29. The van der Waals surface area contributed by atoms with E-state index in [4.69, 9.17) is 16.3 Å². The number of alkyl halides is 3. The highest BCUT2D eigenvalue weighted by molar-refractivity contribution is 7.90. The van der Waals surface area contributed by atoms with E-state index in [1.54, 1.807) is 13.1 Å². The van der Waals surface area contributed by atoms with Gasteiger partial charge in [0.05, 0.1) is 38.8 Å². The Balaban J connectivity index is 1.68. The number of fused-ring (bicyclic) bond motifs is 2. The summed E-state index contributed by atoms with van der Waals surface area (Å²) in [4.78, 5) is 13.1. The number of rotatable bonds is 5. The van der Waals surface area contributed by atoms with Gasteiger partial charge in [-0.05, 0) is 60.2 Å². The van der Waals surface area contributed by atoms with Crippen molar-refractivity contribution in [2.75, 3.05) is 25.1 Å². The summed E-state index contributed by atoms with van der Waals surface area (Å²) in [7, 11) is -2.48. The molecule has 1 aromatic heterocycles. The van der Waals surface area contributed by atoms with Crippen molar-refractivity contribution in [3.05, 3.63) is 88.1 Å². The van der Waals surface area contributed by atoms with Crippen LogP contribution in [-0.2, 0) is 22.6 Å². The van der Waals surface area contributed by atoms with Gasteiger partial charge in [-0.1, -0.05) is 17.7 Å². The van der Waals surface area contributed by atoms with Crippen molar-refractivity contribution in [1.29, 1.82) is 0 Å². The summed E-state index contributed by atoms with van der Waals surface area (Å²) in [6, 6.07) is 12.8. The zero-order valence-electron chi connectivity index (χ0n) is 19.8. The lowest BCUT2D eigenvalue weighted by molar-refractivity contribution is -0.137. The number of aromatic carboxylic acids is 1. The molecule has 0 fully saturated rings. The molecule has 0 radical (unpaired) electrons. The second-order valence-electron chi connectivity index (χ2n) is 8.87. The first-order valence-electron chi connectivity index (χ1n) is 11.3. The number of halogens is 4. The third kappa shape index (κ3) is 4.56. The molecule has 5 rings (SSSR count). The molecule has 0 aliphatic carbocycles. The summed E-state index contributed by atoms with van der Waals surface area (Å²) >= 11 is 6.10. The predicted molar refractivity (Wildman–Crippen MR) is 136 cm³/mol. The van der Waals surface area contributed by atoms with Crippen LogP contribution in [0.25, 0.3) is 10.9 Å². The van der Waals surface area contributed by atoms with E-state index in [0.29, 0.717) is 30.2 Å². The Morgan fingerprint density at radius 2 is 1.84 bits per heavy atom. The number of likely N-dealkylation sites (N-methyl/N-ethyl adjacent to an activating group) is 1. The molecule has 0 unspecified atom stereocenters. The van der Waals surface area contributed by atoms with E-state index in [1.165, 1.54) is 36.4 Å². The van der Waals surface area contributed by atoms with Gasteiger partial charge < -0.3 is 14.7 Å². The fraction of sp³-hybridized carbons (Fsp3) is 0.192. The van der Waals surface area contributed by atoms with Crippen molar-refractivity contribution in [3.63, 3.8) is 0 Å². The zero-order valence-corrected chi connectivity index (χ0v) is 21.4. The number of ether oxygens (including phenoxy) is 1. The van der Waals surface area contributed by atoms with Crippen LogP contribution < -0.4 is 9.64 Å². The summed E-state index contributed by atoms with van der Waals surface area (Å²) in [5.41, 5.74) is 0.273. The molecule has 0 spiro atoms. The van der Waals surface area contributed by atoms with Gasteiger partial charge in [0.2, 0.25) is 0 Å². The molecular formula is C26H20ClF3N2O5S. The van der Waals surface area contributed by atoms with Gasteiger partial charge in [-0.3, -0.25) is 0 Å². The van der Waals surface area contributed by atoms with Gasteiger partial charge in [-0.25, -0.2) is 17.2 Å². The summed E-state index contributed by atoms with van der Waals surface area (Å²) in [5.74, 6) is -0.697. The van der Waals surface area contributed by atoms with Crippen molar-refractivity contribution in [2.24, 2.45) is 0 Å². The first kappa shape index (κ1) is 25.9. The standard InChI is InChI=1S/C26H20ClF3N2O5S/c1-31-8-9-37-24-7-4-19(14-23(24)31)38(35,36)32-18(10-15-2-5-20(25(33)34)21(27)11-15)13-16-12-17(26(28,29)30)3-6-22(16)32/h2-7,11-14H,8-10H2,1H3,(H,33,34). The Hall–Kier alpha value is -3.70. The highest BCUT2D eigenvalue weighted by atomic mass is 35.5. The fourth-order valence-corrected chi connectivity index (χ4v) is 6.33. The minimum atomic E-state index is -4.61. The van der Waals surface area contributed by atoms with Gasteiger partial charge in [0.25, 0.3) is 10.0 Å². The van der Waals surface area contributed by atoms with Crippen molar-refractivity contribution in [2.45, 2.75) is 17.5 Å². The topological polar surface area (TPSA) is 88.8 Å². The molecule has 7 nitrogen and oxygen atoms in total. The summed E-state index contributed by atoms with van der Waals surface area (Å²) < 4.78 is 74.8. The molecule has 0 saturated heterocycles.